The Morgan fingerprint density at radius 3 is 2.88 bits per heavy atom. The molecule has 2 rings (SSSR count). The molecule has 0 radical (unpaired) electrons. The first-order valence-electron chi connectivity index (χ1n) is 5.49. The number of hydrogen-bond donors (Lipinski definition) is 2. The Hall–Kier alpha value is -1.97. The molecule has 0 fully saturated rings. The number of nitrogens with one attached hydrogen (secondary N) is 1. The molecule has 0 amide bonds. The molecule has 0 aliphatic rings. The van der Waals surface area contributed by atoms with E-state index in [2.05, 4.69) is 4.98 Å². The lowest BCUT2D eigenvalue weighted by Crippen LogP contribution is -1.98. The Kier molecular flexibility index (Phi) is 3.04. The van der Waals surface area contributed by atoms with Gasteiger partial charge in [-0.25, -0.2) is 0 Å². The number of rotatable bonds is 4. The van der Waals surface area contributed by atoms with Gasteiger partial charge >= 0.3 is 5.97 Å². The van der Waals surface area contributed by atoms with E-state index in [9.17, 15) is 4.79 Å². The average molecular weight is 233 g/mol. The van der Waals surface area contributed by atoms with Crippen LogP contribution in [0.1, 0.15) is 17.7 Å². The molecular formula is C13H15NO3. The molecule has 1 aromatic heterocycles. The van der Waals surface area contributed by atoms with Crippen molar-refractivity contribution in [2.24, 2.45) is 0 Å². The first kappa shape index (κ1) is 11.5. The van der Waals surface area contributed by atoms with Gasteiger partial charge in [0.15, 0.2) is 0 Å². The maximum atomic E-state index is 10.6. The highest BCUT2D eigenvalue weighted by Crippen LogP contribution is 2.29. The Labute approximate surface area is 99.2 Å². The molecule has 17 heavy (non-hydrogen) atoms. The predicted octanol–water partition coefficient (Wildman–Crippen LogP) is 2.50. The molecule has 0 saturated carbocycles. The molecule has 1 heterocycles. The molecular weight excluding hydrogens is 218 g/mol. The van der Waals surface area contributed by atoms with Crippen molar-refractivity contribution in [1.29, 1.82) is 0 Å². The van der Waals surface area contributed by atoms with Crippen LogP contribution in [0.4, 0.5) is 0 Å². The summed E-state index contributed by atoms with van der Waals surface area (Å²) in [5.41, 5.74) is 3.00. The van der Waals surface area contributed by atoms with Gasteiger partial charge in [0.25, 0.3) is 0 Å². The number of para-hydroxylation sites is 1. The maximum absolute atomic E-state index is 10.6. The number of aromatic amines is 1. The molecule has 0 atom stereocenters. The van der Waals surface area contributed by atoms with E-state index in [-0.39, 0.29) is 6.42 Å². The summed E-state index contributed by atoms with van der Waals surface area (Å²) in [6.07, 6.45) is 0.648. The van der Waals surface area contributed by atoms with E-state index in [1.54, 1.807) is 7.11 Å². The van der Waals surface area contributed by atoms with Gasteiger partial charge in [-0.05, 0) is 25.0 Å². The summed E-state index contributed by atoms with van der Waals surface area (Å²) in [6, 6.07) is 5.83. The number of carboxylic acid groups (broad SMARTS) is 1. The molecule has 90 valence electrons. The number of H-pyrrole nitrogens is 1. The Balaban J connectivity index is 2.45. The smallest absolute Gasteiger partial charge is 0.303 e. The normalized spacial score (nSPS) is 10.7. The minimum Gasteiger partial charge on any atom is -0.495 e. The summed E-state index contributed by atoms with van der Waals surface area (Å²) in [6.45, 7) is 2.00. The van der Waals surface area contributed by atoms with Crippen molar-refractivity contribution in [2.45, 2.75) is 19.8 Å². The fourth-order valence-electron chi connectivity index (χ4n) is 2.03. The van der Waals surface area contributed by atoms with Crippen molar-refractivity contribution in [3.05, 3.63) is 29.5 Å². The summed E-state index contributed by atoms with van der Waals surface area (Å²) in [4.78, 5) is 13.8. The van der Waals surface area contributed by atoms with E-state index in [1.165, 1.54) is 0 Å². The van der Waals surface area contributed by atoms with E-state index in [4.69, 9.17) is 9.84 Å². The molecule has 4 heteroatoms. The molecule has 4 nitrogen and oxygen atoms in total. The quantitative estimate of drug-likeness (QED) is 0.852. The lowest BCUT2D eigenvalue weighted by atomic mass is 10.1. The predicted molar refractivity (Wildman–Crippen MR) is 65.5 cm³/mol. The van der Waals surface area contributed by atoms with Crippen molar-refractivity contribution >= 4 is 16.9 Å². The molecule has 1 aromatic carbocycles. The van der Waals surface area contributed by atoms with Crippen LogP contribution < -0.4 is 4.74 Å². The van der Waals surface area contributed by atoms with Gasteiger partial charge < -0.3 is 14.8 Å². The maximum Gasteiger partial charge on any atom is 0.303 e. The Morgan fingerprint density at radius 1 is 1.47 bits per heavy atom. The van der Waals surface area contributed by atoms with Gasteiger partial charge in [0.2, 0.25) is 0 Å². The molecule has 0 spiro atoms. The molecule has 0 aliphatic heterocycles. The number of aryl methyl sites for hydroxylation is 2. The molecule has 0 aliphatic carbocycles. The lowest BCUT2D eigenvalue weighted by molar-refractivity contribution is -0.136. The topological polar surface area (TPSA) is 62.3 Å². The second kappa shape index (κ2) is 4.49. The van der Waals surface area contributed by atoms with Crippen LogP contribution in [0.5, 0.6) is 5.75 Å². The summed E-state index contributed by atoms with van der Waals surface area (Å²) in [5.74, 6) is 0.00203. The number of hydrogen-bond acceptors (Lipinski definition) is 2. The summed E-state index contributed by atoms with van der Waals surface area (Å²) in [7, 11) is 1.63. The highest BCUT2D eigenvalue weighted by Gasteiger charge is 2.11. The number of methoxy groups -OCH3 is 1. The second-order valence-electron chi connectivity index (χ2n) is 4.01. The van der Waals surface area contributed by atoms with Crippen molar-refractivity contribution < 1.29 is 14.6 Å². The van der Waals surface area contributed by atoms with Gasteiger partial charge in [0.05, 0.1) is 19.0 Å². The Morgan fingerprint density at radius 2 is 2.24 bits per heavy atom. The molecule has 2 N–H and O–H groups in total. The zero-order chi connectivity index (χ0) is 12.4. The van der Waals surface area contributed by atoms with Gasteiger partial charge in [0, 0.05) is 11.1 Å². The summed E-state index contributed by atoms with van der Waals surface area (Å²) < 4.78 is 5.27. The minimum absolute atomic E-state index is 0.135. The number of aromatic nitrogens is 1. The van der Waals surface area contributed by atoms with Crippen LogP contribution in [-0.2, 0) is 11.2 Å². The molecule has 0 bridgehead atoms. The third-order valence-corrected chi connectivity index (χ3v) is 2.97. The largest absolute Gasteiger partial charge is 0.495 e. The minimum atomic E-state index is -0.782. The van der Waals surface area contributed by atoms with Crippen molar-refractivity contribution in [1.82, 2.24) is 4.98 Å². The monoisotopic (exact) mass is 233 g/mol. The lowest BCUT2D eigenvalue weighted by Gasteiger charge is -2.00. The second-order valence-corrected chi connectivity index (χ2v) is 4.01. The zero-order valence-electron chi connectivity index (χ0n) is 9.91. The Bertz CT molecular complexity index is 557. The van der Waals surface area contributed by atoms with Gasteiger partial charge in [-0.15, -0.1) is 0 Å². The summed E-state index contributed by atoms with van der Waals surface area (Å²) >= 11 is 0. The summed E-state index contributed by atoms with van der Waals surface area (Å²) in [5, 5.41) is 9.79. The van der Waals surface area contributed by atoms with Gasteiger partial charge in [0.1, 0.15) is 5.75 Å². The number of fused-ring (bicyclic) bond motifs is 1. The number of ether oxygens (including phenoxy) is 1. The van der Waals surface area contributed by atoms with Crippen molar-refractivity contribution in [3.8, 4) is 5.75 Å². The van der Waals surface area contributed by atoms with Crippen molar-refractivity contribution in [2.75, 3.05) is 7.11 Å². The van der Waals surface area contributed by atoms with Crippen LogP contribution >= 0.6 is 0 Å². The third-order valence-electron chi connectivity index (χ3n) is 2.97. The zero-order valence-corrected chi connectivity index (χ0v) is 9.91. The van der Waals surface area contributed by atoms with Crippen LogP contribution in [0.2, 0.25) is 0 Å². The fourth-order valence-corrected chi connectivity index (χ4v) is 2.03. The van der Waals surface area contributed by atoms with E-state index in [1.807, 2.05) is 25.1 Å². The van der Waals surface area contributed by atoms with Crippen LogP contribution in [0.3, 0.4) is 0 Å². The van der Waals surface area contributed by atoms with Crippen LogP contribution in [0.25, 0.3) is 10.9 Å². The number of benzene rings is 1. The molecule has 0 saturated heterocycles. The van der Waals surface area contributed by atoms with Gasteiger partial charge in [-0.1, -0.05) is 12.1 Å². The van der Waals surface area contributed by atoms with Gasteiger partial charge in [-0.3, -0.25) is 4.79 Å². The van der Waals surface area contributed by atoms with E-state index in [0.717, 1.165) is 27.9 Å². The van der Waals surface area contributed by atoms with Gasteiger partial charge in [-0.2, -0.15) is 0 Å². The molecule has 0 unspecified atom stereocenters. The first-order chi connectivity index (χ1) is 8.13. The highest BCUT2D eigenvalue weighted by atomic mass is 16.5. The van der Waals surface area contributed by atoms with Crippen LogP contribution in [0.15, 0.2) is 18.2 Å². The standard InChI is InChI=1S/C13H15NO3/c1-8-9-4-3-5-11(17-2)13(9)14-10(8)6-7-12(15)16/h3-5,14H,6-7H2,1-2H3,(H,15,16). The average Bonchev–Trinajstić information content (AvgIpc) is 2.64. The number of aliphatic carboxylic acids is 1. The SMILES string of the molecule is COc1cccc2c(C)c(CCC(=O)O)[nH]c12. The fraction of sp³-hybridized carbons (Fsp3) is 0.308. The molecule has 2 aromatic rings. The van der Waals surface area contributed by atoms with E-state index >= 15 is 0 Å². The van der Waals surface area contributed by atoms with Crippen LogP contribution in [0, 0.1) is 6.92 Å². The number of carboxylic acids is 1. The van der Waals surface area contributed by atoms with E-state index < -0.39 is 5.97 Å². The number of carbonyl (C=O) groups is 1. The first-order valence-corrected chi connectivity index (χ1v) is 5.49. The highest BCUT2D eigenvalue weighted by molar-refractivity contribution is 5.89. The van der Waals surface area contributed by atoms with Crippen molar-refractivity contribution in [3.63, 3.8) is 0 Å². The van der Waals surface area contributed by atoms with Crippen LogP contribution in [-0.4, -0.2) is 23.2 Å². The third kappa shape index (κ3) is 2.11. The van der Waals surface area contributed by atoms with E-state index in [0.29, 0.717) is 6.42 Å².